The summed E-state index contributed by atoms with van der Waals surface area (Å²) >= 11 is 0. The van der Waals surface area contributed by atoms with Crippen LogP contribution in [-0.2, 0) is 0 Å². The van der Waals surface area contributed by atoms with Gasteiger partial charge in [0, 0.05) is 0 Å². The maximum absolute atomic E-state index is 12.8. The first-order valence-electron chi connectivity index (χ1n) is 3.42. The molecule has 0 heterocycles. The van der Waals surface area contributed by atoms with Gasteiger partial charge in [-0.05, 0) is 18.2 Å². The molecule has 0 amide bonds. The lowest BCUT2D eigenvalue weighted by Gasteiger charge is -1.97. The third-order valence-corrected chi connectivity index (χ3v) is 1.46. The van der Waals surface area contributed by atoms with Crippen LogP contribution in [0.25, 0.3) is 0 Å². The Labute approximate surface area is 80.1 Å². The van der Waals surface area contributed by atoms with E-state index in [1.54, 1.807) is 0 Å². The molecule has 0 saturated carbocycles. The minimum Gasteiger partial charge on any atom is -1.00 e. The fourth-order valence-corrected chi connectivity index (χ4v) is 0.846. The van der Waals surface area contributed by atoms with Crippen molar-refractivity contribution in [3.05, 3.63) is 35.4 Å². The van der Waals surface area contributed by atoms with Crippen molar-refractivity contribution in [1.82, 2.24) is 0 Å². The number of benzene rings is 1. The first-order valence-corrected chi connectivity index (χ1v) is 3.42. The van der Waals surface area contributed by atoms with Crippen molar-refractivity contribution in [2.75, 3.05) is 6.54 Å². The van der Waals surface area contributed by atoms with E-state index in [1.807, 2.05) is 0 Å². The third kappa shape index (κ3) is 2.75. The van der Waals surface area contributed by atoms with Gasteiger partial charge in [0.15, 0.2) is 0 Å². The molecule has 1 aromatic carbocycles. The van der Waals surface area contributed by atoms with Gasteiger partial charge in [-0.2, -0.15) is 0 Å². The van der Waals surface area contributed by atoms with Gasteiger partial charge in [-0.15, -0.1) is 0 Å². The number of Topliss-reactive ketones (excluding diaryl/α,β-unsaturated/α-hetero) is 1. The van der Waals surface area contributed by atoms with E-state index in [2.05, 4.69) is 5.73 Å². The molecule has 2 nitrogen and oxygen atoms in total. The molecule has 0 bridgehead atoms. The lowest BCUT2D eigenvalue weighted by molar-refractivity contribution is -0.349. The van der Waals surface area contributed by atoms with Gasteiger partial charge >= 0.3 is 0 Å². The molecular formula is C8H8ClF2NO. The van der Waals surface area contributed by atoms with Crippen LogP contribution in [0, 0.1) is 11.6 Å². The number of ketones is 1. The topological polar surface area (TPSA) is 44.7 Å². The van der Waals surface area contributed by atoms with E-state index in [-0.39, 0.29) is 24.5 Å². The Morgan fingerprint density at radius 2 is 2.00 bits per heavy atom. The Morgan fingerprint density at radius 3 is 2.54 bits per heavy atom. The van der Waals surface area contributed by atoms with E-state index < -0.39 is 17.4 Å². The van der Waals surface area contributed by atoms with E-state index >= 15 is 0 Å². The minimum absolute atomic E-state index is 0. The number of hydrogen-bond acceptors (Lipinski definition) is 1. The Balaban J connectivity index is 0.00000144. The maximum atomic E-state index is 12.8. The summed E-state index contributed by atoms with van der Waals surface area (Å²) in [6, 6.07) is 2.77. The van der Waals surface area contributed by atoms with Crippen LogP contribution in [0.4, 0.5) is 8.78 Å². The van der Waals surface area contributed by atoms with Gasteiger partial charge in [-0.25, -0.2) is 8.78 Å². The molecule has 72 valence electrons. The summed E-state index contributed by atoms with van der Waals surface area (Å²) in [6.07, 6.45) is 0. The summed E-state index contributed by atoms with van der Waals surface area (Å²) in [5.41, 5.74) is 3.06. The van der Waals surface area contributed by atoms with E-state index in [0.29, 0.717) is 0 Å². The van der Waals surface area contributed by atoms with E-state index in [4.69, 9.17) is 0 Å². The van der Waals surface area contributed by atoms with Gasteiger partial charge < -0.3 is 18.1 Å². The molecule has 1 rings (SSSR count). The second kappa shape index (κ2) is 4.89. The molecule has 1 aromatic rings. The minimum atomic E-state index is -0.704. The zero-order valence-electron chi connectivity index (χ0n) is 6.69. The molecule has 0 aromatic heterocycles. The zero-order chi connectivity index (χ0) is 9.14. The zero-order valence-corrected chi connectivity index (χ0v) is 7.44. The molecule has 0 fully saturated rings. The second-order valence-corrected chi connectivity index (χ2v) is 2.30. The average Bonchev–Trinajstić information content (AvgIpc) is 2.08. The van der Waals surface area contributed by atoms with Gasteiger partial charge in [-0.1, -0.05) is 0 Å². The van der Waals surface area contributed by atoms with Crippen molar-refractivity contribution >= 4 is 5.78 Å². The van der Waals surface area contributed by atoms with Crippen molar-refractivity contribution in [2.45, 2.75) is 0 Å². The van der Waals surface area contributed by atoms with Gasteiger partial charge in [0.1, 0.15) is 18.2 Å². The van der Waals surface area contributed by atoms with Crippen LogP contribution in [0.2, 0.25) is 0 Å². The SMILES string of the molecule is [Cl-].[NH3+]CC(=O)c1cc(F)ccc1F. The van der Waals surface area contributed by atoms with Crippen molar-refractivity contribution < 1.29 is 31.7 Å². The molecule has 3 N–H and O–H groups in total. The molecule has 0 aliphatic heterocycles. The van der Waals surface area contributed by atoms with Crippen molar-refractivity contribution in [3.63, 3.8) is 0 Å². The average molecular weight is 208 g/mol. The van der Waals surface area contributed by atoms with Gasteiger partial charge in [0.05, 0.1) is 5.56 Å². The fraction of sp³-hybridized carbons (Fsp3) is 0.125. The molecular weight excluding hydrogens is 200 g/mol. The lowest BCUT2D eigenvalue weighted by atomic mass is 10.1. The van der Waals surface area contributed by atoms with Gasteiger partial charge in [0.2, 0.25) is 5.78 Å². The Bertz CT molecular complexity index is 317. The van der Waals surface area contributed by atoms with Crippen LogP contribution < -0.4 is 18.1 Å². The third-order valence-electron chi connectivity index (χ3n) is 1.46. The van der Waals surface area contributed by atoms with Gasteiger partial charge in [-0.3, -0.25) is 4.79 Å². The smallest absolute Gasteiger partial charge is 0.219 e. The summed E-state index contributed by atoms with van der Waals surface area (Å²) in [7, 11) is 0. The summed E-state index contributed by atoms with van der Waals surface area (Å²) in [5, 5.41) is 0. The molecule has 0 spiro atoms. The van der Waals surface area contributed by atoms with Crippen LogP contribution in [-0.4, -0.2) is 12.3 Å². The predicted molar refractivity (Wildman–Crippen MR) is 38.4 cm³/mol. The Kier molecular flexibility index (Phi) is 4.51. The number of carbonyl (C=O) groups is 1. The number of hydrogen-bond donors (Lipinski definition) is 1. The van der Waals surface area contributed by atoms with Gasteiger partial charge in [0.25, 0.3) is 0 Å². The predicted octanol–water partition coefficient (Wildman–Crippen LogP) is -2.61. The summed E-state index contributed by atoms with van der Waals surface area (Å²) in [6.45, 7) is -0.0691. The number of rotatable bonds is 2. The van der Waals surface area contributed by atoms with Crippen molar-refractivity contribution in [3.8, 4) is 0 Å². The summed E-state index contributed by atoms with van der Waals surface area (Å²) in [4.78, 5) is 10.9. The second-order valence-electron chi connectivity index (χ2n) is 2.30. The normalized spacial score (nSPS) is 9.15. The molecule has 5 heteroatoms. The first-order chi connectivity index (χ1) is 5.65. The first kappa shape index (κ1) is 12.0. The highest BCUT2D eigenvalue weighted by molar-refractivity contribution is 5.96. The molecule has 0 atom stereocenters. The van der Waals surface area contributed by atoms with Crippen LogP contribution in [0.15, 0.2) is 18.2 Å². The van der Waals surface area contributed by atoms with E-state index in [9.17, 15) is 13.6 Å². The quantitative estimate of drug-likeness (QED) is 0.531. The molecule has 13 heavy (non-hydrogen) atoms. The lowest BCUT2D eigenvalue weighted by Crippen LogP contribution is -3.00. The van der Waals surface area contributed by atoms with Crippen LogP contribution in [0.3, 0.4) is 0 Å². The standard InChI is InChI=1S/C8H7F2NO.ClH/c9-5-1-2-7(10)6(3-5)8(12)4-11;/h1-3H,4,11H2;1H. The van der Waals surface area contributed by atoms with Crippen LogP contribution in [0.5, 0.6) is 0 Å². The van der Waals surface area contributed by atoms with Crippen molar-refractivity contribution in [1.29, 1.82) is 0 Å². The summed E-state index contributed by atoms with van der Waals surface area (Å²) in [5.74, 6) is -1.81. The highest BCUT2D eigenvalue weighted by Crippen LogP contribution is 2.09. The molecule has 0 aliphatic carbocycles. The van der Waals surface area contributed by atoms with E-state index in [0.717, 1.165) is 18.2 Å². The Hall–Kier alpha value is -1.00. The fourth-order valence-electron chi connectivity index (χ4n) is 0.846. The van der Waals surface area contributed by atoms with Crippen LogP contribution in [0.1, 0.15) is 10.4 Å². The number of quaternary nitrogens is 1. The highest BCUT2D eigenvalue weighted by atomic mass is 35.5. The molecule has 0 radical (unpaired) electrons. The van der Waals surface area contributed by atoms with Crippen LogP contribution >= 0.6 is 0 Å². The molecule has 0 aliphatic rings. The highest BCUT2D eigenvalue weighted by Gasteiger charge is 2.11. The monoisotopic (exact) mass is 207 g/mol. The molecule has 0 unspecified atom stereocenters. The molecule has 0 saturated heterocycles. The Morgan fingerprint density at radius 1 is 1.38 bits per heavy atom. The maximum Gasteiger partial charge on any atom is 0.219 e. The summed E-state index contributed by atoms with van der Waals surface area (Å²) < 4.78 is 25.3. The number of halogens is 3. The largest absolute Gasteiger partial charge is 1.00 e. The van der Waals surface area contributed by atoms with Crippen molar-refractivity contribution in [2.24, 2.45) is 0 Å². The number of carbonyl (C=O) groups excluding carboxylic acids is 1. The van der Waals surface area contributed by atoms with E-state index in [1.165, 1.54) is 0 Å².